The minimum atomic E-state index is -1.11. The molecule has 0 bridgehead atoms. The monoisotopic (exact) mass is 598 g/mol. The van der Waals surface area contributed by atoms with Crippen molar-refractivity contribution < 1.29 is 22.7 Å². The summed E-state index contributed by atoms with van der Waals surface area (Å²) < 4.78 is 51.9. The van der Waals surface area contributed by atoms with Gasteiger partial charge in [-0.15, -0.1) is 0 Å². The van der Waals surface area contributed by atoms with Crippen molar-refractivity contribution in [2.24, 2.45) is 11.3 Å². The minimum absolute atomic E-state index is 0.0177. The molecule has 2 saturated heterocycles. The van der Waals surface area contributed by atoms with Gasteiger partial charge in [0, 0.05) is 38.6 Å². The molecule has 0 saturated carbocycles. The van der Waals surface area contributed by atoms with Crippen LogP contribution in [-0.4, -0.2) is 81.7 Å². The highest BCUT2D eigenvalue weighted by Gasteiger charge is 2.44. The zero-order chi connectivity index (χ0) is 30.9. The Hall–Kier alpha value is -3.44. The van der Waals surface area contributed by atoms with E-state index in [0.717, 1.165) is 23.8 Å². The summed E-state index contributed by atoms with van der Waals surface area (Å²) in [5, 5.41) is 7.78. The average Bonchev–Trinajstić information content (AvgIpc) is 3.54. The molecule has 43 heavy (non-hydrogen) atoms. The number of hydrogen-bond donors (Lipinski definition) is 1. The van der Waals surface area contributed by atoms with E-state index in [4.69, 9.17) is 9.72 Å². The summed E-state index contributed by atoms with van der Waals surface area (Å²) in [6.45, 7) is 11.7. The number of benzene rings is 2. The van der Waals surface area contributed by atoms with Gasteiger partial charge in [-0.3, -0.25) is 0 Å². The molecule has 5 rings (SSSR count). The van der Waals surface area contributed by atoms with Crippen LogP contribution in [0.5, 0.6) is 0 Å². The lowest BCUT2D eigenvalue weighted by molar-refractivity contribution is -0.0620. The lowest BCUT2D eigenvalue weighted by Crippen LogP contribution is -2.56. The fourth-order valence-electron chi connectivity index (χ4n) is 6.15. The number of nitrogens with one attached hydrogen (secondary N) is 1. The molecule has 3 heterocycles. The van der Waals surface area contributed by atoms with Crippen LogP contribution >= 0.6 is 0 Å². The molecule has 11 heteroatoms. The van der Waals surface area contributed by atoms with E-state index >= 15 is 4.39 Å². The Morgan fingerprint density at radius 3 is 2.42 bits per heavy atom. The molecule has 0 spiro atoms. The molecular formula is C32H41F3N6O2. The van der Waals surface area contributed by atoms with Gasteiger partial charge in [0.2, 0.25) is 0 Å². The van der Waals surface area contributed by atoms with E-state index in [0.29, 0.717) is 25.5 Å². The SMILES string of the molecule is C[C@@H]1CN(C(=O)N(C[C@@H]2CNC[C@@H]2F)[C@@H](c2nc(-c3cc(F)ccc3F)nn2Cc2ccccc2)C(C)(C)C)C[C@H](C)O1. The maximum atomic E-state index is 15.1. The van der Waals surface area contributed by atoms with E-state index in [1.165, 1.54) is 0 Å². The van der Waals surface area contributed by atoms with Crippen molar-refractivity contribution in [3.05, 3.63) is 71.6 Å². The molecule has 2 fully saturated rings. The molecule has 5 atom stereocenters. The number of carbonyl (C=O) groups is 1. The van der Waals surface area contributed by atoms with E-state index in [-0.39, 0.29) is 49.3 Å². The molecule has 2 aliphatic heterocycles. The van der Waals surface area contributed by atoms with Gasteiger partial charge in [-0.1, -0.05) is 51.1 Å². The van der Waals surface area contributed by atoms with E-state index in [2.05, 4.69) is 10.4 Å². The quantitative estimate of drug-likeness (QED) is 0.392. The fourth-order valence-corrected chi connectivity index (χ4v) is 6.15. The van der Waals surface area contributed by atoms with Gasteiger partial charge in [-0.2, -0.15) is 5.10 Å². The zero-order valence-electron chi connectivity index (χ0n) is 25.4. The molecule has 1 N–H and O–H groups in total. The van der Waals surface area contributed by atoms with Crippen LogP contribution in [0.4, 0.5) is 18.0 Å². The van der Waals surface area contributed by atoms with Gasteiger partial charge in [0.25, 0.3) is 0 Å². The maximum absolute atomic E-state index is 15.1. The number of ether oxygens (including phenoxy) is 1. The predicted octanol–water partition coefficient (Wildman–Crippen LogP) is 5.45. The molecule has 0 radical (unpaired) electrons. The van der Waals surface area contributed by atoms with Gasteiger partial charge in [-0.05, 0) is 43.0 Å². The summed E-state index contributed by atoms with van der Waals surface area (Å²) in [5.74, 6) is -1.25. The second-order valence-corrected chi connectivity index (χ2v) is 12.9. The Balaban J connectivity index is 1.65. The third-order valence-corrected chi connectivity index (χ3v) is 8.05. The van der Waals surface area contributed by atoms with Crippen LogP contribution in [0.2, 0.25) is 0 Å². The van der Waals surface area contributed by atoms with Crippen molar-refractivity contribution in [3.8, 4) is 11.4 Å². The second kappa shape index (κ2) is 12.7. The first-order valence-corrected chi connectivity index (χ1v) is 14.9. The highest BCUT2D eigenvalue weighted by Crippen LogP contribution is 2.40. The highest BCUT2D eigenvalue weighted by molar-refractivity contribution is 5.75. The van der Waals surface area contributed by atoms with Gasteiger partial charge < -0.3 is 19.9 Å². The highest BCUT2D eigenvalue weighted by atomic mass is 19.1. The number of morpholine rings is 1. The summed E-state index contributed by atoms with van der Waals surface area (Å²) in [6, 6.07) is 11.9. The van der Waals surface area contributed by atoms with E-state index in [9.17, 15) is 13.6 Å². The minimum Gasteiger partial charge on any atom is -0.372 e. The maximum Gasteiger partial charge on any atom is 0.320 e. The van der Waals surface area contributed by atoms with Crippen LogP contribution < -0.4 is 5.32 Å². The second-order valence-electron chi connectivity index (χ2n) is 12.9. The van der Waals surface area contributed by atoms with E-state index < -0.39 is 35.2 Å². The number of amides is 2. The van der Waals surface area contributed by atoms with Crippen LogP contribution in [0.15, 0.2) is 48.5 Å². The first-order chi connectivity index (χ1) is 20.4. The van der Waals surface area contributed by atoms with Crippen LogP contribution in [0, 0.1) is 23.0 Å². The number of rotatable bonds is 7. The molecule has 1 aromatic heterocycles. The topological polar surface area (TPSA) is 75.5 Å². The number of alkyl halides is 1. The number of hydrogen-bond acceptors (Lipinski definition) is 5. The van der Waals surface area contributed by atoms with Crippen molar-refractivity contribution in [1.82, 2.24) is 29.9 Å². The third-order valence-electron chi connectivity index (χ3n) is 8.05. The van der Waals surface area contributed by atoms with Gasteiger partial charge in [-0.25, -0.2) is 27.6 Å². The normalized spacial score (nSPS) is 23.4. The average molecular weight is 599 g/mol. The van der Waals surface area contributed by atoms with Crippen molar-refractivity contribution in [2.45, 2.75) is 65.6 Å². The lowest BCUT2D eigenvalue weighted by atomic mass is 9.84. The third kappa shape index (κ3) is 7.04. The summed E-state index contributed by atoms with van der Waals surface area (Å²) >= 11 is 0. The molecule has 3 aromatic rings. The van der Waals surface area contributed by atoms with E-state index in [1.807, 2.05) is 65.0 Å². The summed E-state index contributed by atoms with van der Waals surface area (Å²) in [7, 11) is 0. The molecule has 0 aliphatic carbocycles. The van der Waals surface area contributed by atoms with Gasteiger partial charge in [0.05, 0.1) is 30.4 Å². The van der Waals surface area contributed by atoms with Crippen LogP contribution in [0.25, 0.3) is 11.4 Å². The number of carbonyl (C=O) groups excluding carboxylic acids is 1. The summed E-state index contributed by atoms with van der Waals surface area (Å²) in [5.41, 5.74) is 0.249. The number of halogens is 3. The van der Waals surface area contributed by atoms with Crippen molar-refractivity contribution in [2.75, 3.05) is 32.7 Å². The molecule has 8 nitrogen and oxygen atoms in total. The molecule has 232 valence electrons. The number of nitrogens with zero attached hydrogens (tertiary/aromatic N) is 5. The van der Waals surface area contributed by atoms with Crippen molar-refractivity contribution in [1.29, 1.82) is 0 Å². The lowest BCUT2D eigenvalue weighted by Gasteiger charge is -2.45. The number of urea groups is 1. The Labute approximate surface area is 251 Å². The standard InChI is InChI=1S/C32H41F3N6O2/c1-20-16-39(17-21(2)43-20)31(42)40(19-23-14-36-15-27(23)35)28(32(3,4)5)30-37-29(25-13-24(33)11-12-26(25)34)38-41(30)18-22-9-7-6-8-10-22/h6-13,20-21,23,27-28,36H,14-19H2,1-5H3/t20-,21+,23-,27-,28-/m0/s1. The first kappa shape index (κ1) is 31.0. The Bertz CT molecular complexity index is 1400. The largest absolute Gasteiger partial charge is 0.372 e. The molecule has 2 amide bonds. The van der Waals surface area contributed by atoms with Crippen molar-refractivity contribution >= 4 is 6.03 Å². The zero-order valence-corrected chi connectivity index (χ0v) is 25.4. The molecule has 0 unspecified atom stereocenters. The smallest absolute Gasteiger partial charge is 0.320 e. The number of aromatic nitrogens is 3. The van der Waals surface area contributed by atoms with E-state index in [1.54, 1.807) is 14.5 Å². The fraction of sp³-hybridized carbons (Fsp3) is 0.531. The Morgan fingerprint density at radius 2 is 1.79 bits per heavy atom. The van der Waals surface area contributed by atoms with Crippen LogP contribution in [0.1, 0.15) is 52.0 Å². The predicted molar refractivity (Wildman–Crippen MR) is 158 cm³/mol. The summed E-state index contributed by atoms with van der Waals surface area (Å²) in [6.07, 6.45) is -1.43. The molecule has 2 aliphatic rings. The van der Waals surface area contributed by atoms with Gasteiger partial charge in [0.15, 0.2) is 11.6 Å². The van der Waals surface area contributed by atoms with Crippen LogP contribution in [0.3, 0.4) is 0 Å². The van der Waals surface area contributed by atoms with Gasteiger partial charge >= 0.3 is 6.03 Å². The molecular weight excluding hydrogens is 557 g/mol. The molecule has 2 aromatic carbocycles. The van der Waals surface area contributed by atoms with Crippen LogP contribution in [-0.2, 0) is 11.3 Å². The Kier molecular flexibility index (Phi) is 9.12. The Morgan fingerprint density at radius 1 is 1.09 bits per heavy atom. The first-order valence-electron chi connectivity index (χ1n) is 14.9. The van der Waals surface area contributed by atoms with Crippen molar-refractivity contribution in [3.63, 3.8) is 0 Å². The van der Waals surface area contributed by atoms with Gasteiger partial charge in [0.1, 0.15) is 17.8 Å². The summed E-state index contributed by atoms with van der Waals surface area (Å²) in [4.78, 5) is 22.8.